The van der Waals surface area contributed by atoms with Crippen LogP contribution in [0.2, 0.25) is 0 Å². The van der Waals surface area contributed by atoms with Crippen molar-refractivity contribution in [3.63, 3.8) is 0 Å². The van der Waals surface area contributed by atoms with Crippen molar-refractivity contribution in [1.29, 1.82) is 0 Å². The highest BCUT2D eigenvalue weighted by molar-refractivity contribution is 6.39. The minimum Gasteiger partial charge on any atom is -0.325 e. The molecule has 0 atom stereocenters. The van der Waals surface area contributed by atoms with Crippen LogP contribution in [-0.2, 0) is 27.2 Å². The number of aryl methyl sites for hydroxylation is 2. The molecule has 1 aliphatic rings. The molecule has 0 bridgehead atoms. The highest BCUT2D eigenvalue weighted by atomic mass is 16.2. The van der Waals surface area contributed by atoms with Gasteiger partial charge in [-0.1, -0.05) is 24.3 Å². The largest absolute Gasteiger partial charge is 0.329 e. The summed E-state index contributed by atoms with van der Waals surface area (Å²) in [6.07, 6.45) is 4.31. The van der Waals surface area contributed by atoms with Crippen LogP contribution in [0.1, 0.15) is 42.9 Å². The summed E-state index contributed by atoms with van der Waals surface area (Å²) in [5, 5.41) is 9.32. The first-order valence-electron chi connectivity index (χ1n) is 10.0. The molecule has 0 fully saturated rings. The molecule has 0 unspecified atom stereocenters. The van der Waals surface area contributed by atoms with Gasteiger partial charge in [0.2, 0.25) is 5.91 Å². The lowest BCUT2D eigenvalue weighted by atomic mass is 9.90. The Kier molecular flexibility index (Phi) is 6.95. The Balaban J connectivity index is 1.51. The van der Waals surface area contributed by atoms with Crippen molar-refractivity contribution >= 4 is 34.8 Å². The van der Waals surface area contributed by atoms with Crippen molar-refractivity contribution in [2.24, 2.45) is 5.10 Å². The van der Waals surface area contributed by atoms with E-state index in [1.165, 1.54) is 17.5 Å². The van der Waals surface area contributed by atoms with Crippen LogP contribution in [0.15, 0.2) is 47.6 Å². The van der Waals surface area contributed by atoms with Crippen LogP contribution in [-0.4, -0.2) is 23.4 Å². The summed E-state index contributed by atoms with van der Waals surface area (Å²) in [6.45, 7) is 3.51. The van der Waals surface area contributed by atoms with Gasteiger partial charge in [-0.25, -0.2) is 5.43 Å². The van der Waals surface area contributed by atoms with Gasteiger partial charge in [-0.05, 0) is 74.4 Å². The molecule has 3 amide bonds. The fourth-order valence-electron chi connectivity index (χ4n) is 3.47. The molecule has 7 nitrogen and oxygen atoms in total. The normalized spacial score (nSPS) is 13.2. The first-order chi connectivity index (χ1) is 14.4. The zero-order valence-electron chi connectivity index (χ0n) is 17.2. The second kappa shape index (κ2) is 9.82. The number of hydrazone groups is 1. The maximum Gasteiger partial charge on any atom is 0.329 e. The zero-order valence-corrected chi connectivity index (χ0v) is 17.2. The molecule has 0 spiro atoms. The lowest BCUT2D eigenvalue weighted by molar-refractivity contribution is -0.136. The van der Waals surface area contributed by atoms with Crippen LogP contribution in [0.4, 0.5) is 11.4 Å². The zero-order chi connectivity index (χ0) is 21.5. The minimum absolute atomic E-state index is 0.0173. The summed E-state index contributed by atoms with van der Waals surface area (Å²) in [5.74, 6) is -1.93. The Labute approximate surface area is 175 Å². The van der Waals surface area contributed by atoms with E-state index < -0.39 is 11.8 Å². The van der Waals surface area contributed by atoms with E-state index in [2.05, 4.69) is 27.2 Å². The number of hydrogen-bond acceptors (Lipinski definition) is 4. The van der Waals surface area contributed by atoms with Crippen molar-refractivity contribution in [2.45, 2.75) is 46.0 Å². The number of amides is 3. The molecule has 2 aromatic carbocycles. The van der Waals surface area contributed by atoms with Crippen molar-refractivity contribution < 1.29 is 14.4 Å². The summed E-state index contributed by atoms with van der Waals surface area (Å²) < 4.78 is 0. The predicted octanol–water partition coefficient (Wildman–Crippen LogP) is 3.33. The van der Waals surface area contributed by atoms with Crippen molar-refractivity contribution in [1.82, 2.24) is 5.43 Å². The van der Waals surface area contributed by atoms with Gasteiger partial charge in [-0.2, -0.15) is 5.10 Å². The van der Waals surface area contributed by atoms with Crippen molar-refractivity contribution in [2.75, 3.05) is 10.6 Å². The molecule has 2 aromatic rings. The van der Waals surface area contributed by atoms with E-state index in [1.807, 2.05) is 25.1 Å². The number of nitrogens with one attached hydrogen (secondary N) is 3. The van der Waals surface area contributed by atoms with Crippen LogP contribution < -0.4 is 16.1 Å². The second-order valence-electron chi connectivity index (χ2n) is 7.49. The monoisotopic (exact) mass is 406 g/mol. The van der Waals surface area contributed by atoms with Gasteiger partial charge in [0.15, 0.2) is 0 Å². The number of nitrogens with zero attached hydrogens (tertiary/aromatic N) is 1. The molecular formula is C23H26N4O3. The third-order valence-electron chi connectivity index (χ3n) is 4.92. The Morgan fingerprint density at radius 3 is 2.53 bits per heavy atom. The highest BCUT2D eigenvalue weighted by Gasteiger charge is 2.16. The van der Waals surface area contributed by atoms with Crippen LogP contribution in [0.25, 0.3) is 0 Å². The Hall–Kier alpha value is -3.48. The van der Waals surface area contributed by atoms with Gasteiger partial charge in [0.05, 0.1) is 6.42 Å². The van der Waals surface area contributed by atoms with Gasteiger partial charge in [0.1, 0.15) is 0 Å². The smallest absolute Gasteiger partial charge is 0.325 e. The molecule has 7 heteroatoms. The number of anilines is 2. The molecule has 3 rings (SSSR count). The molecule has 3 N–H and O–H groups in total. The van der Waals surface area contributed by atoms with Crippen molar-refractivity contribution in [3.8, 4) is 0 Å². The quantitative estimate of drug-likeness (QED) is 0.403. The first kappa shape index (κ1) is 21.2. The molecule has 0 heterocycles. The maximum absolute atomic E-state index is 12.4. The van der Waals surface area contributed by atoms with E-state index in [-0.39, 0.29) is 12.3 Å². The van der Waals surface area contributed by atoms with E-state index in [1.54, 1.807) is 25.1 Å². The average Bonchev–Trinajstić information content (AvgIpc) is 2.72. The van der Waals surface area contributed by atoms with Gasteiger partial charge in [0.25, 0.3) is 0 Å². The van der Waals surface area contributed by atoms with Crippen LogP contribution in [0, 0.1) is 6.92 Å². The summed E-state index contributed by atoms with van der Waals surface area (Å²) in [7, 11) is 0. The number of benzene rings is 2. The first-order valence-corrected chi connectivity index (χ1v) is 10.0. The van der Waals surface area contributed by atoms with E-state index in [0.29, 0.717) is 11.4 Å². The summed E-state index contributed by atoms with van der Waals surface area (Å²) in [4.78, 5) is 36.3. The molecule has 156 valence electrons. The fourth-order valence-corrected chi connectivity index (χ4v) is 3.47. The number of carbonyl (C=O) groups excluding carboxylic acids is 3. The SMILES string of the molecule is C/C(CC(=O)Nc1cccc2c1CCCC2)=N/NC(=O)C(=O)Nc1cccc(C)c1. The number of carbonyl (C=O) groups is 3. The van der Waals surface area contributed by atoms with Gasteiger partial charge in [-0.3, -0.25) is 14.4 Å². The third kappa shape index (κ3) is 5.76. The molecule has 0 saturated carbocycles. The lowest BCUT2D eigenvalue weighted by Gasteiger charge is -2.19. The Morgan fingerprint density at radius 2 is 1.73 bits per heavy atom. The van der Waals surface area contributed by atoms with E-state index >= 15 is 0 Å². The molecule has 0 saturated heterocycles. The van der Waals surface area contributed by atoms with Gasteiger partial charge in [0, 0.05) is 17.1 Å². The van der Waals surface area contributed by atoms with Gasteiger partial charge >= 0.3 is 11.8 Å². The second-order valence-corrected chi connectivity index (χ2v) is 7.49. The summed E-state index contributed by atoms with van der Waals surface area (Å²) in [6, 6.07) is 13.1. The molecule has 1 aliphatic carbocycles. The Bertz CT molecular complexity index is 998. The van der Waals surface area contributed by atoms with E-state index in [9.17, 15) is 14.4 Å². The summed E-state index contributed by atoms with van der Waals surface area (Å²) >= 11 is 0. The van der Waals surface area contributed by atoms with Crippen LogP contribution in [0.3, 0.4) is 0 Å². The Morgan fingerprint density at radius 1 is 0.967 bits per heavy atom. The van der Waals surface area contributed by atoms with Gasteiger partial charge < -0.3 is 10.6 Å². The lowest BCUT2D eigenvalue weighted by Crippen LogP contribution is -2.33. The molecule has 0 radical (unpaired) electrons. The van der Waals surface area contributed by atoms with E-state index in [0.717, 1.165) is 30.5 Å². The fraction of sp³-hybridized carbons (Fsp3) is 0.304. The predicted molar refractivity (Wildman–Crippen MR) is 117 cm³/mol. The highest BCUT2D eigenvalue weighted by Crippen LogP contribution is 2.27. The number of rotatable bonds is 5. The molecule has 0 aromatic heterocycles. The number of fused-ring (bicyclic) bond motifs is 1. The van der Waals surface area contributed by atoms with Crippen LogP contribution >= 0.6 is 0 Å². The topological polar surface area (TPSA) is 99.7 Å². The minimum atomic E-state index is -0.895. The van der Waals surface area contributed by atoms with E-state index in [4.69, 9.17) is 0 Å². The molecule has 30 heavy (non-hydrogen) atoms. The average molecular weight is 406 g/mol. The van der Waals surface area contributed by atoms with Crippen molar-refractivity contribution in [3.05, 3.63) is 59.2 Å². The standard InChI is InChI=1S/C23H26N4O3/c1-15-7-5-10-18(13-15)24-22(29)23(30)27-26-16(2)14-21(28)25-20-12-6-9-17-8-3-4-11-19(17)20/h5-7,9-10,12-13H,3-4,8,11,14H2,1-2H3,(H,24,29)(H,25,28)(H,27,30)/b26-16-. The third-order valence-corrected chi connectivity index (χ3v) is 4.92. The maximum atomic E-state index is 12.4. The molecular weight excluding hydrogens is 380 g/mol. The molecule has 0 aliphatic heterocycles. The van der Waals surface area contributed by atoms with Crippen LogP contribution in [0.5, 0.6) is 0 Å². The number of hydrogen-bond donors (Lipinski definition) is 3. The summed E-state index contributed by atoms with van der Waals surface area (Å²) in [5.41, 5.74) is 7.41. The van der Waals surface area contributed by atoms with Gasteiger partial charge in [-0.15, -0.1) is 0 Å².